The molecule has 1 aliphatic rings. The molecular formula is C14H17NO3. The lowest BCUT2D eigenvalue weighted by Crippen LogP contribution is -2.49. The Morgan fingerprint density at radius 3 is 2.67 bits per heavy atom. The number of nitrogens with one attached hydrogen (secondary N) is 1. The van der Waals surface area contributed by atoms with Crippen LogP contribution in [0.3, 0.4) is 0 Å². The van der Waals surface area contributed by atoms with Gasteiger partial charge in [-0.3, -0.25) is 4.79 Å². The number of ether oxygens (including phenoxy) is 1. The Hall–Kier alpha value is -1.84. The number of cyclic esters (lactones) is 1. The average molecular weight is 247 g/mol. The summed E-state index contributed by atoms with van der Waals surface area (Å²) in [4.78, 5) is 23.7. The maximum absolute atomic E-state index is 12.0. The van der Waals surface area contributed by atoms with E-state index in [1.54, 1.807) is 12.1 Å². The first-order valence-electron chi connectivity index (χ1n) is 5.98. The Labute approximate surface area is 106 Å². The van der Waals surface area contributed by atoms with Gasteiger partial charge in [-0.15, -0.1) is 0 Å². The van der Waals surface area contributed by atoms with Crippen LogP contribution < -0.4 is 5.32 Å². The van der Waals surface area contributed by atoms with Crippen LogP contribution in [0.1, 0.15) is 36.7 Å². The van der Waals surface area contributed by atoms with Gasteiger partial charge in [-0.05, 0) is 32.4 Å². The number of hydrogen-bond acceptors (Lipinski definition) is 3. The zero-order chi connectivity index (χ0) is 13.3. The molecule has 1 unspecified atom stereocenters. The van der Waals surface area contributed by atoms with Gasteiger partial charge < -0.3 is 10.1 Å². The van der Waals surface area contributed by atoms with Crippen LogP contribution in [-0.2, 0) is 16.0 Å². The molecular weight excluding hydrogens is 230 g/mol. The molecule has 1 aromatic carbocycles. The Kier molecular flexibility index (Phi) is 3.11. The third-order valence-electron chi connectivity index (χ3n) is 2.68. The minimum Gasteiger partial charge on any atom is -0.448 e. The Morgan fingerprint density at radius 2 is 2.00 bits per heavy atom. The molecule has 0 spiro atoms. The quantitative estimate of drug-likeness (QED) is 0.768. The number of amides is 1. The van der Waals surface area contributed by atoms with E-state index in [4.69, 9.17) is 4.74 Å². The molecule has 18 heavy (non-hydrogen) atoms. The zero-order valence-electron chi connectivity index (χ0n) is 10.8. The minimum absolute atomic E-state index is 0.245. The van der Waals surface area contributed by atoms with Crippen molar-refractivity contribution in [3.05, 3.63) is 35.4 Å². The van der Waals surface area contributed by atoms with E-state index in [1.165, 1.54) is 0 Å². The third kappa shape index (κ3) is 2.70. The topological polar surface area (TPSA) is 55.4 Å². The summed E-state index contributed by atoms with van der Waals surface area (Å²) >= 11 is 0. The molecule has 2 rings (SSSR count). The van der Waals surface area contributed by atoms with E-state index in [0.717, 1.165) is 5.56 Å². The fraction of sp³-hybridized carbons (Fsp3) is 0.429. The van der Waals surface area contributed by atoms with Gasteiger partial charge in [0.05, 0.1) is 5.56 Å². The molecule has 1 aromatic rings. The summed E-state index contributed by atoms with van der Waals surface area (Å²) in [6.45, 7) is 5.68. The van der Waals surface area contributed by atoms with Crippen molar-refractivity contribution in [3.8, 4) is 0 Å². The first-order chi connectivity index (χ1) is 8.37. The van der Waals surface area contributed by atoms with Gasteiger partial charge in [-0.1, -0.05) is 18.2 Å². The summed E-state index contributed by atoms with van der Waals surface area (Å²) < 4.78 is 5.17. The summed E-state index contributed by atoms with van der Waals surface area (Å²) in [6, 6.07) is 7.22. The molecule has 4 heteroatoms. The second-order valence-electron chi connectivity index (χ2n) is 5.49. The lowest BCUT2D eigenvalue weighted by Gasteiger charge is -2.27. The molecule has 0 fully saturated rings. The summed E-state index contributed by atoms with van der Waals surface area (Å²) in [5.41, 5.74) is 1.08. The van der Waals surface area contributed by atoms with Crippen molar-refractivity contribution < 1.29 is 14.3 Å². The smallest absolute Gasteiger partial charge is 0.339 e. The van der Waals surface area contributed by atoms with Gasteiger partial charge in [-0.2, -0.15) is 0 Å². The largest absolute Gasteiger partial charge is 0.448 e. The molecule has 0 saturated carbocycles. The van der Waals surface area contributed by atoms with Crippen LogP contribution in [0, 0.1) is 0 Å². The molecule has 0 radical (unpaired) electrons. The Morgan fingerprint density at radius 1 is 1.33 bits per heavy atom. The van der Waals surface area contributed by atoms with Crippen LogP contribution in [0.2, 0.25) is 0 Å². The molecule has 0 aliphatic carbocycles. The number of rotatable bonds is 1. The first-order valence-corrected chi connectivity index (χ1v) is 5.98. The fourth-order valence-corrected chi connectivity index (χ4v) is 1.93. The second kappa shape index (κ2) is 4.44. The van der Waals surface area contributed by atoms with Crippen molar-refractivity contribution in [1.29, 1.82) is 0 Å². The molecule has 0 aromatic heterocycles. The van der Waals surface area contributed by atoms with Crippen LogP contribution in [0.4, 0.5) is 0 Å². The van der Waals surface area contributed by atoms with Crippen molar-refractivity contribution >= 4 is 11.9 Å². The van der Waals surface area contributed by atoms with Gasteiger partial charge in [-0.25, -0.2) is 4.79 Å². The van der Waals surface area contributed by atoms with Crippen molar-refractivity contribution in [2.24, 2.45) is 0 Å². The van der Waals surface area contributed by atoms with Gasteiger partial charge in [0, 0.05) is 12.0 Å². The number of esters is 1. The maximum Gasteiger partial charge on any atom is 0.339 e. The second-order valence-corrected chi connectivity index (χ2v) is 5.49. The number of hydrogen-bond donors (Lipinski definition) is 1. The van der Waals surface area contributed by atoms with Crippen molar-refractivity contribution in [1.82, 2.24) is 5.32 Å². The van der Waals surface area contributed by atoms with E-state index in [1.807, 2.05) is 32.9 Å². The van der Waals surface area contributed by atoms with Gasteiger partial charge >= 0.3 is 5.97 Å². The number of fused-ring (bicyclic) bond motifs is 1. The lowest BCUT2D eigenvalue weighted by atomic mass is 9.97. The first kappa shape index (κ1) is 12.6. The molecule has 1 aliphatic heterocycles. The van der Waals surface area contributed by atoms with Crippen LogP contribution >= 0.6 is 0 Å². The van der Waals surface area contributed by atoms with E-state index in [-0.39, 0.29) is 11.4 Å². The normalized spacial score (nSPS) is 18.8. The van der Waals surface area contributed by atoms with Gasteiger partial charge in [0.15, 0.2) is 6.10 Å². The highest BCUT2D eigenvalue weighted by Gasteiger charge is 2.32. The van der Waals surface area contributed by atoms with E-state index in [2.05, 4.69) is 5.32 Å². The monoisotopic (exact) mass is 247 g/mol. The van der Waals surface area contributed by atoms with E-state index in [0.29, 0.717) is 12.0 Å². The summed E-state index contributed by atoms with van der Waals surface area (Å²) in [5, 5.41) is 2.82. The van der Waals surface area contributed by atoms with E-state index >= 15 is 0 Å². The fourth-order valence-electron chi connectivity index (χ4n) is 1.93. The molecule has 1 heterocycles. The molecule has 4 nitrogen and oxygen atoms in total. The van der Waals surface area contributed by atoms with E-state index in [9.17, 15) is 9.59 Å². The molecule has 1 atom stereocenters. The Balaban J connectivity index is 2.16. The predicted molar refractivity (Wildman–Crippen MR) is 67.2 cm³/mol. The standard InChI is InChI=1S/C14H17NO3/c1-14(2,3)15-12(16)11-8-9-6-4-5-7-10(9)13(17)18-11/h4-7,11H,8H2,1-3H3,(H,15,16). The highest BCUT2D eigenvalue weighted by molar-refractivity contribution is 5.95. The van der Waals surface area contributed by atoms with E-state index < -0.39 is 12.1 Å². The van der Waals surface area contributed by atoms with Crippen LogP contribution in [-0.4, -0.2) is 23.5 Å². The highest BCUT2D eigenvalue weighted by atomic mass is 16.5. The van der Waals surface area contributed by atoms with Crippen molar-refractivity contribution in [2.45, 2.75) is 38.8 Å². The van der Waals surface area contributed by atoms with Gasteiger partial charge in [0.25, 0.3) is 5.91 Å². The summed E-state index contributed by atoms with van der Waals surface area (Å²) in [7, 11) is 0. The maximum atomic E-state index is 12.0. The summed E-state index contributed by atoms with van der Waals surface area (Å²) in [6.07, 6.45) is -0.296. The highest BCUT2D eigenvalue weighted by Crippen LogP contribution is 2.20. The van der Waals surface area contributed by atoms with Crippen LogP contribution in [0.25, 0.3) is 0 Å². The molecule has 0 saturated heterocycles. The number of carbonyl (C=O) groups excluding carboxylic acids is 2. The molecule has 0 bridgehead atoms. The Bertz CT molecular complexity index is 488. The number of benzene rings is 1. The predicted octanol–water partition coefficient (Wildman–Crippen LogP) is 1.68. The lowest BCUT2D eigenvalue weighted by molar-refractivity contribution is -0.131. The zero-order valence-corrected chi connectivity index (χ0v) is 10.8. The summed E-state index contributed by atoms with van der Waals surface area (Å²) in [5.74, 6) is -0.670. The van der Waals surface area contributed by atoms with Crippen molar-refractivity contribution in [2.75, 3.05) is 0 Å². The average Bonchev–Trinajstić information content (AvgIpc) is 2.26. The minimum atomic E-state index is -0.730. The van der Waals surface area contributed by atoms with Gasteiger partial charge in [0.2, 0.25) is 0 Å². The van der Waals surface area contributed by atoms with Crippen molar-refractivity contribution in [3.63, 3.8) is 0 Å². The van der Waals surface area contributed by atoms with Gasteiger partial charge in [0.1, 0.15) is 0 Å². The molecule has 1 N–H and O–H groups in total. The third-order valence-corrected chi connectivity index (χ3v) is 2.68. The van der Waals surface area contributed by atoms with Crippen LogP contribution in [0.15, 0.2) is 24.3 Å². The number of carbonyl (C=O) groups is 2. The van der Waals surface area contributed by atoms with Crippen LogP contribution in [0.5, 0.6) is 0 Å². The molecule has 96 valence electrons. The molecule has 1 amide bonds. The SMILES string of the molecule is CC(C)(C)NC(=O)C1Cc2ccccc2C(=O)O1.